The van der Waals surface area contributed by atoms with Gasteiger partial charge in [0.15, 0.2) is 5.82 Å². The van der Waals surface area contributed by atoms with E-state index in [1.165, 1.54) is 0 Å². The monoisotopic (exact) mass is 359 g/mol. The molecule has 0 spiro atoms. The summed E-state index contributed by atoms with van der Waals surface area (Å²) in [5.41, 5.74) is 0.414. The van der Waals surface area contributed by atoms with Crippen LogP contribution in [0.2, 0.25) is 0 Å². The summed E-state index contributed by atoms with van der Waals surface area (Å²) in [5.74, 6) is 1.31. The standard InChI is InChI=1S/C15H17N7O2S/c1-3-24-14-5-4-11(6-17-14)21-8-12(19-20-21)15(23)25-10(2)18-13-7-16-9-22(13)25/h4-9,15,23,25H,3H2,1-2H3. The number of aliphatic imine (C=N–C) groups is 1. The van der Waals surface area contributed by atoms with Crippen LogP contribution in [0.4, 0.5) is 5.82 Å². The molecule has 0 bridgehead atoms. The van der Waals surface area contributed by atoms with Gasteiger partial charge in [0, 0.05) is 6.07 Å². The fraction of sp³-hybridized carbons (Fsp3) is 0.267. The summed E-state index contributed by atoms with van der Waals surface area (Å²) in [6.45, 7) is 4.37. The highest BCUT2D eigenvalue weighted by atomic mass is 32.2. The molecule has 0 amide bonds. The highest BCUT2D eigenvalue weighted by Crippen LogP contribution is 2.49. The largest absolute Gasteiger partial charge is 0.478 e. The number of aliphatic hydroxyl groups is 1. The molecule has 2 atom stereocenters. The van der Waals surface area contributed by atoms with Gasteiger partial charge in [0.05, 0.1) is 35.9 Å². The number of fused-ring (bicyclic) bond motifs is 1. The summed E-state index contributed by atoms with van der Waals surface area (Å²) >= 11 is -1.08. The van der Waals surface area contributed by atoms with Crippen LogP contribution in [0.5, 0.6) is 5.88 Å². The van der Waals surface area contributed by atoms with Crippen molar-refractivity contribution < 1.29 is 9.84 Å². The van der Waals surface area contributed by atoms with Crippen LogP contribution in [0.1, 0.15) is 25.0 Å². The molecular weight excluding hydrogens is 342 g/mol. The zero-order valence-corrected chi connectivity index (χ0v) is 14.6. The van der Waals surface area contributed by atoms with Gasteiger partial charge in [0.2, 0.25) is 5.88 Å². The Hall–Kier alpha value is -2.72. The van der Waals surface area contributed by atoms with Crippen LogP contribution in [0.25, 0.3) is 5.69 Å². The summed E-state index contributed by atoms with van der Waals surface area (Å²) in [5, 5.41) is 19.9. The molecule has 3 aromatic rings. The van der Waals surface area contributed by atoms with Crippen LogP contribution in [-0.2, 0) is 0 Å². The molecule has 10 heteroatoms. The van der Waals surface area contributed by atoms with E-state index in [1.807, 2.05) is 23.9 Å². The van der Waals surface area contributed by atoms with Gasteiger partial charge in [0.1, 0.15) is 17.5 Å². The number of aliphatic hydroxyl groups excluding tert-OH is 1. The Morgan fingerprint density at radius 3 is 2.96 bits per heavy atom. The van der Waals surface area contributed by atoms with Crippen LogP contribution in [0.15, 0.2) is 42.0 Å². The maximum absolute atomic E-state index is 10.8. The van der Waals surface area contributed by atoms with Crippen LogP contribution >= 0.6 is 11.1 Å². The molecule has 4 rings (SSSR count). The molecule has 1 aliphatic heterocycles. The zero-order valence-electron chi connectivity index (χ0n) is 13.7. The smallest absolute Gasteiger partial charge is 0.213 e. The van der Waals surface area contributed by atoms with Crippen molar-refractivity contribution in [2.45, 2.75) is 19.3 Å². The molecule has 0 saturated carbocycles. The molecule has 130 valence electrons. The van der Waals surface area contributed by atoms with Gasteiger partial charge in [-0.25, -0.2) is 19.6 Å². The SMILES string of the molecule is CCOc1ccc(-n2cc(C(O)[SH]3C(C)=Nc4cncn43)nn2)cn1. The highest BCUT2D eigenvalue weighted by Gasteiger charge is 2.29. The van der Waals surface area contributed by atoms with E-state index in [0.717, 1.165) is 16.5 Å². The number of imidazole rings is 1. The van der Waals surface area contributed by atoms with Crippen molar-refractivity contribution in [1.82, 2.24) is 28.9 Å². The summed E-state index contributed by atoms with van der Waals surface area (Å²) in [4.78, 5) is 12.7. The molecule has 0 aromatic carbocycles. The molecule has 9 nitrogen and oxygen atoms in total. The molecule has 3 aromatic heterocycles. The molecule has 2 unspecified atom stereocenters. The van der Waals surface area contributed by atoms with Crippen LogP contribution in [0.3, 0.4) is 0 Å². The van der Waals surface area contributed by atoms with Crippen LogP contribution in [0, 0.1) is 0 Å². The predicted molar refractivity (Wildman–Crippen MR) is 94.7 cm³/mol. The Balaban J connectivity index is 1.58. The van der Waals surface area contributed by atoms with Crippen molar-refractivity contribution in [2.24, 2.45) is 4.99 Å². The number of aromatic nitrogens is 6. The van der Waals surface area contributed by atoms with Crippen LogP contribution < -0.4 is 4.74 Å². The lowest BCUT2D eigenvalue weighted by Crippen LogP contribution is -2.08. The molecule has 1 aliphatic rings. The second-order valence-electron chi connectivity index (χ2n) is 5.35. The van der Waals surface area contributed by atoms with E-state index < -0.39 is 16.5 Å². The minimum Gasteiger partial charge on any atom is -0.478 e. The van der Waals surface area contributed by atoms with Crippen molar-refractivity contribution in [3.8, 4) is 11.6 Å². The number of hydrogen-bond donors (Lipinski definition) is 2. The minimum atomic E-state index is -1.08. The maximum Gasteiger partial charge on any atom is 0.213 e. The maximum atomic E-state index is 10.8. The average molecular weight is 359 g/mol. The third kappa shape index (κ3) is 2.79. The number of rotatable bonds is 5. The fourth-order valence-electron chi connectivity index (χ4n) is 2.58. The lowest BCUT2D eigenvalue weighted by Gasteiger charge is -2.22. The molecule has 4 heterocycles. The second-order valence-corrected chi connectivity index (χ2v) is 7.61. The molecule has 0 fully saturated rings. The first-order valence-corrected chi connectivity index (χ1v) is 9.10. The molecule has 25 heavy (non-hydrogen) atoms. The average Bonchev–Trinajstić information content (AvgIpc) is 3.31. The van der Waals surface area contributed by atoms with Gasteiger partial charge >= 0.3 is 0 Å². The van der Waals surface area contributed by atoms with Crippen molar-refractivity contribution in [2.75, 3.05) is 6.61 Å². The van der Waals surface area contributed by atoms with Gasteiger partial charge < -0.3 is 9.84 Å². The van der Waals surface area contributed by atoms with E-state index in [1.54, 1.807) is 35.7 Å². The van der Waals surface area contributed by atoms with E-state index in [-0.39, 0.29) is 0 Å². The predicted octanol–water partition coefficient (Wildman–Crippen LogP) is 1.78. The number of hydrogen-bond acceptors (Lipinski definition) is 7. The second kappa shape index (κ2) is 6.30. The Morgan fingerprint density at radius 2 is 2.20 bits per heavy atom. The first-order chi connectivity index (χ1) is 12.2. The summed E-state index contributed by atoms with van der Waals surface area (Å²) in [6, 6.07) is 3.61. The van der Waals surface area contributed by atoms with Crippen molar-refractivity contribution in [1.29, 1.82) is 0 Å². The Bertz CT molecular complexity index is 918. The van der Waals surface area contributed by atoms with Gasteiger partial charge in [-0.15, -0.1) is 5.10 Å². The Morgan fingerprint density at radius 1 is 1.32 bits per heavy atom. The Labute approximate surface area is 146 Å². The Kier molecular flexibility index (Phi) is 3.98. The van der Waals surface area contributed by atoms with Crippen molar-refractivity contribution >= 4 is 21.9 Å². The molecular formula is C15H17N7O2S. The first-order valence-electron chi connectivity index (χ1n) is 7.74. The number of ether oxygens (including phenoxy) is 1. The number of thiol groups is 1. The first kappa shape index (κ1) is 15.8. The molecule has 0 radical (unpaired) electrons. The summed E-state index contributed by atoms with van der Waals surface area (Å²) in [6.07, 6.45) is 6.72. The van der Waals surface area contributed by atoms with E-state index in [9.17, 15) is 5.11 Å². The van der Waals surface area contributed by atoms with E-state index in [4.69, 9.17) is 4.74 Å². The van der Waals surface area contributed by atoms with Gasteiger partial charge in [-0.1, -0.05) is 16.3 Å². The molecule has 0 aliphatic carbocycles. The van der Waals surface area contributed by atoms with Crippen LogP contribution in [-0.4, -0.2) is 45.7 Å². The summed E-state index contributed by atoms with van der Waals surface area (Å²) in [7, 11) is 0. The van der Waals surface area contributed by atoms with Gasteiger partial charge in [-0.3, -0.25) is 3.97 Å². The third-order valence-electron chi connectivity index (χ3n) is 3.73. The third-order valence-corrected chi connectivity index (χ3v) is 5.99. The molecule has 1 N–H and O–H groups in total. The van der Waals surface area contributed by atoms with Crippen molar-refractivity contribution in [3.05, 3.63) is 42.7 Å². The van der Waals surface area contributed by atoms with E-state index in [2.05, 4.69) is 25.3 Å². The quantitative estimate of drug-likeness (QED) is 0.673. The van der Waals surface area contributed by atoms with Gasteiger partial charge in [0.25, 0.3) is 0 Å². The number of pyridine rings is 1. The van der Waals surface area contributed by atoms with E-state index >= 15 is 0 Å². The normalized spacial score (nSPS) is 18.7. The van der Waals surface area contributed by atoms with Crippen molar-refractivity contribution in [3.63, 3.8) is 0 Å². The zero-order chi connectivity index (χ0) is 17.4. The lowest BCUT2D eigenvalue weighted by molar-refractivity contribution is 0.263. The lowest BCUT2D eigenvalue weighted by atomic mass is 10.4. The fourth-order valence-corrected chi connectivity index (χ4v) is 4.55. The highest BCUT2D eigenvalue weighted by molar-refractivity contribution is 8.29. The summed E-state index contributed by atoms with van der Waals surface area (Å²) < 4.78 is 8.80. The minimum absolute atomic E-state index is 0.482. The van der Waals surface area contributed by atoms with Gasteiger partial charge in [-0.05, 0) is 19.9 Å². The van der Waals surface area contributed by atoms with Gasteiger partial charge in [-0.2, -0.15) is 0 Å². The topological polar surface area (TPSA) is 103 Å². The van der Waals surface area contributed by atoms with E-state index in [0.29, 0.717) is 18.2 Å². The molecule has 0 saturated heterocycles. The number of nitrogens with zero attached hydrogens (tertiary/aromatic N) is 7.